The number of aromatic nitrogens is 2. The van der Waals surface area contributed by atoms with Crippen LogP contribution >= 0.6 is 11.6 Å². The molecule has 0 saturated carbocycles. The monoisotopic (exact) mass is 294 g/mol. The van der Waals surface area contributed by atoms with Gasteiger partial charge in [0, 0.05) is 17.3 Å². The molecule has 0 fully saturated rings. The van der Waals surface area contributed by atoms with Gasteiger partial charge in [-0.25, -0.2) is 14.4 Å². The van der Waals surface area contributed by atoms with Crippen LogP contribution in [0.2, 0.25) is 5.02 Å². The van der Waals surface area contributed by atoms with Crippen LogP contribution in [-0.2, 0) is 0 Å². The molecule has 0 bridgehead atoms. The second-order valence-electron chi connectivity index (χ2n) is 5.42. The summed E-state index contributed by atoms with van der Waals surface area (Å²) in [5, 5.41) is 6.37. The van der Waals surface area contributed by atoms with E-state index in [9.17, 15) is 4.39 Å². The van der Waals surface area contributed by atoms with Crippen LogP contribution in [0.25, 0.3) is 0 Å². The Balaban J connectivity index is 2.17. The molecular weight excluding hydrogens is 279 g/mol. The van der Waals surface area contributed by atoms with E-state index in [2.05, 4.69) is 20.6 Å². The molecule has 0 atom stereocenters. The van der Waals surface area contributed by atoms with E-state index >= 15 is 0 Å². The summed E-state index contributed by atoms with van der Waals surface area (Å²) in [6.45, 7) is 6.13. The molecule has 106 valence electrons. The van der Waals surface area contributed by atoms with Crippen LogP contribution in [0.15, 0.2) is 30.6 Å². The summed E-state index contributed by atoms with van der Waals surface area (Å²) in [6, 6.07) is 6.19. The lowest BCUT2D eigenvalue weighted by molar-refractivity contribution is 0.628. The van der Waals surface area contributed by atoms with Gasteiger partial charge in [-0.2, -0.15) is 0 Å². The Bertz CT molecular complexity index is 610. The zero-order valence-electron chi connectivity index (χ0n) is 11.5. The minimum Gasteiger partial charge on any atom is -0.365 e. The number of benzene rings is 1. The van der Waals surface area contributed by atoms with Crippen molar-refractivity contribution in [1.29, 1.82) is 0 Å². The third kappa shape index (κ3) is 4.06. The maximum absolute atomic E-state index is 13.1. The molecule has 4 nitrogen and oxygen atoms in total. The molecule has 1 aromatic heterocycles. The van der Waals surface area contributed by atoms with Gasteiger partial charge in [0.25, 0.3) is 0 Å². The molecule has 0 spiro atoms. The third-order valence-corrected chi connectivity index (χ3v) is 2.65. The van der Waals surface area contributed by atoms with Crippen LogP contribution in [0.5, 0.6) is 0 Å². The number of hydrogen-bond donors (Lipinski definition) is 2. The summed E-state index contributed by atoms with van der Waals surface area (Å²) >= 11 is 5.74. The molecule has 2 N–H and O–H groups in total. The fourth-order valence-electron chi connectivity index (χ4n) is 1.60. The van der Waals surface area contributed by atoms with Crippen LogP contribution in [0.1, 0.15) is 20.8 Å². The third-order valence-electron chi connectivity index (χ3n) is 2.36. The predicted octanol–water partition coefficient (Wildman–Crippen LogP) is 4.22. The Morgan fingerprint density at radius 3 is 2.45 bits per heavy atom. The van der Waals surface area contributed by atoms with E-state index in [1.807, 2.05) is 20.8 Å². The second kappa shape index (κ2) is 5.63. The minimum atomic E-state index is -0.449. The van der Waals surface area contributed by atoms with Gasteiger partial charge in [-0.1, -0.05) is 11.6 Å². The molecule has 2 rings (SSSR count). The van der Waals surface area contributed by atoms with Gasteiger partial charge in [0.05, 0.1) is 5.02 Å². The lowest BCUT2D eigenvalue weighted by Crippen LogP contribution is -2.26. The van der Waals surface area contributed by atoms with E-state index in [1.54, 1.807) is 12.1 Å². The smallest absolute Gasteiger partial charge is 0.141 e. The van der Waals surface area contributed by atoms with Crippen molar-refractivity contribution in [2.45, 2.75) is 26.3 Å². The van der Waals surface area contributed by atoms with E-state index < -0.39 is 5.82 Å². The lowest BCUT2D eigenvalue weighted by Gasteiger charge is -2.21. The number of rotatable bonds is 3. The molecule has 0 aliphatic rings. The van der Waals surface area contributed by atoms with Crippen LogP contribution < -0.4 is 10.6 Å². The van der Waals surface area contributed by atoms with Gasteiger partial charge in [-0.3, -0.25) is 0 Å². The van der Waals surface area contributed by atoms with Crippen LogP contribution in [0.3, 0.4) is 0 Å². The minimum absolute atomic E-state index is 0.0668. The van der Waals surface area contributed by atoms with E-state index in [1.165, 1.54) is 18.5 Å². The maximum atomic E-state index is 13.1. The standard InChI is InChI=1S/C14H16ClFN4/c1-14(2,3)20-13-7-12(17-8-18-13)19-9-4-5-11(16)10(15)6-9/h4-8H,1-3H3,(H2,17,18,19,20). The molecule has 2 aromatic rings. The zero-order valence-corrected chi connectivity index (χ0v) is 12.3. The van der Waals surface area contributed by atoms with Gasteiger partial charge in [-0.15, -0.1) is 0 Å². The number of anilines is 3. The molecule has 0 aliphatic carbocycles. The van der Waals surface area contributed by atoms with Crippen LogP contribution in [0, 0.1) is 5.82 Å². The molecule has 1 heterocycles. The van der Waals surface area contributed by atoms with E-state index in [4.69, 9.17) is 11.6 Å². The average molecular weight is 295 g/mol. The summed E-state index contributed by atoms with van der Waals surface area (Å²) in [5.41, 5.74) is 0.571. The molecule has 0 radical (unpaired) electrons. The van der Waals surface area contributed by atoms with Gasteiger partial charge in [0.2, 0.25) is 0 Å². The molecule has 0 aliphatic heterocycles. The van der Waals surface area contributed by atoms with Crippen molar-refractivity contribution in [3.05, 3.63) is 41.4 Å². The van der Waals surface area contributed by atoms with Gasteiger partial charge in [0.1, 0.15) is 23.8 Å². The highest BCUT2D eigenvalue weighted by molar-refractivity contribution is 6.31. The summed E-state index contributed by atoms with van der Waals surface area (Å²) in [4.78, 5) is 8.27. The van der Waals surface area contributed by atoms with E-state index in [0.29, 0.717) is 17.3 Å². The fraction of sp³-hybridized carbons (Fsp3) is 0.286. The van der Waals surface area contributed by atoms with Gasteiger partial charge in [-0.05, 0) is 39.0 Å². The first-order valence-corrected chi connectivity index (χ1v) is 6.53. The summed E-state index contributed by atoms with van der Waals surface area (Å²) in [7, 11) is 0. The Morgan fingerprint density at radius 1 is 1.10 bits per heavy atom. The Hall–Kier alpha value is -1.88. The molecule has 1 aromatic carbocycles. The maximum Gasteiger partial charge on any atom is 0.141 e. The summed E-state index contributed by atoms with van der Waals surface area (Å²) < 4.78 is 13.1. The van der Waals surface area contributed by atoms with Crippen LogP contribution in [0.4, 0.5) is 21.7 Å². The Kier molecular flexibility index (Phi) is 4.09. The SMILES string of the molecule is CC(C)(C)Nc1cc(Nc2ccc(F)c(Cl)c2)ncn1. The van der Waals surface area contributed by atoms with Crippen LogP contribution in [-0.4, -0.2) is 15.5 Å². The van der Waals surface area contributed by atoms with Gasteiger partial charge >= 0.3 is 0 Å². The number of nitrogens with zero attached hydrogens (tertiary/aromatic N) is 2. The van der Waals surface area contributed by atoms with Crippen molar-refractivity contribution in [2.75, 3.05) is 10.6 Å². The fourth-order valence-corrected chi connectivity index (χ4v) is 1.78. The van der Waals surface area contributed by atoms with Crippen molar-refractivity contribution in [3.63, 3.8) is 0 Å². The number of nitrogens with one attached hydrogen (secondary N) is 2. The molecule has 0 saturated heterocycles. The lowest BCUT2D eigenvalue weighted by atomic mass is 10.1. The summed E-state index contributed by atoms with van der Waals surface area (Å²) in [6.07, 6.45) is 1.46. The first kappa shape index (κ1) is 14.5. The van der Waals surface area contributed by atoms with Gasteiger partial charge in [0.15, 0.2) is 0 Å². The average Bonchev–Trinajstić information content (AvgIpc) is 2.32. The second-order valence-corrected chi connectivity index (χ2v) is 5.82. The van der Waals surface area contributed by atoms with Crippen molar-refractivity contribution < 1.29 is 4.39 Å². The Morgan fingerprint density at radius 2 is 1.80 bits per heavy atom. The quantitative estimate of drug-likeness (QED) is 0.890. The highest BCUT2D eigenvalue weighted by atomic mass is 35.5. The highest BCUT2D eigenvalue weighted by Crippen LogP contribution is 2.23. The van der Waals surface area contributed by atoms with E-state index in [-0.39, 0.29) is 10.6 Å². The van der Waals surface area contributed by atoms with E-state index in [0.717, 1.165) is 0 Å². The highest BCUT2D eigenvalue weighted by Gasteiger charge is 2.10. The van der Waals surface area contributed by atoms with Crippen molar-refractivity contribution in [3.8, 4) is 0 Å². The topological polar surface area (TPSA) is 49.8 Å². The first-order valence-electron chi connectivity index (χ1n) is 6.16. The van der Waals surface area contributed by atoms with Crippen molar-refractivity contribution in [1.82, 2.24) is 9.97 Å². The molecular formula is C14H16ClFN4. The largest absolute Gasteiger partial charge is 0.365 e. The van der Waals surface area contributed by atoms with Crippen molar-refractivity contribution >= 4 is 28.9 Å². The molecule has 6 heteroatoms. The van der Waals surface area contributed by atoms with Gasteiger partial charge < -0.3 is 10.6 Å². The predicted molar refractivity (Wildman–Crippen MR) is 80.1 cm³/mol. The molecule has 0 amide bonds. The molecule has 20 heavy (non-hydrogen) atoms. The summed E-state index contributed by atoms with van der Waals surface area (Å²) in [5.74, 6) is 0.868. The Labute approximate surface area is 122 Å². The first-order chi connectivity index (χ1) is 9.33. The van der Waals surface area contributed by atoms with Crippen molar-refractivity contribution in [2.24, 2.45) is 0 Å². The number of halogens is 2. The molecule has 0 unspecified atom stereocenters. The zero-order chi connectivity index (χ0) is 14.8. The number of hydrogen-bond acceptors (Lipinski definition) is 4. The normalized spacial score (nSPS) is 11.2.